The van der Waals surface area contributed by atoms with Gasteiger partial charge in [-0.15, -0.1) is 0 Å². The summed E-state index contributed by atoms with van der Waals surface area (Å²) in [6, 6.07) is 16.8. The number of aromatic nitrogens is 2. The van der Waals surface area contributed by atoms with Gasteiger partial charge in [0.25, 0.3) is 10.0 Å². The molecule has 0 aliphatic heterocycles. The van der Waals surface area contributed by atoms with Gasteiger partial charge in [-0.2, -0.15) is 0 Å². The Labute approximate surface area is 201 Å². The maximum atomic E-state index is 14.0. The molecule has 0 aliphatic carbocycles. The summed E-state index contributed by atoms with van der Waals surface area (Å²) in [5.41, 5.74) is 0.873. The molecule has 11 heteroatoms. The van der Waals surface area contributed by atoms with Crippen molar-refractivity contribution in [2.24, 2.45) is 0 Å². The summed E-state index contributed by atoms with van der Waals surface area (Å²) in [5, 5.41) is 3.01. The second-order valence-electron chi connectivity index (χ2n) is 6.57. The Morgan fingerprint density at radius 3 is 2.56 bits per heavy atom. The summed E-state index contributed by atoms with van der Waals surface area (Å²) in [4.78, 5) is 16.8. The van der Waals surface area contributed by atoms with Gasteiger partial charge in [0.05, 0.1) is 27.4 Å². The number of nitrogens with zero attached hydrogens (tertiary/aromatic N) is 2. The zero-order valence-corrected chi connectivity index (χ0v) is 20.1. The third-order valence-corrected chi connectivity index (χ3v) is 7.90. The molecule has 6 nitrogen and oxygen atoms in total. The first-order chi connectivity index (χ1) is 15.3. The third kappa shape index (κ3) is 4.68. The zero-order chi connectivity index (χ0) is 22.9. The summed E-state index contributed by atoms with van der Waals surface area (Å²) < 4.78 is 42.4. The minimum Gasteiger partial charge on any atom is -0.323 e. The highest BCUT2D eigenvalue weighted by atomic mass is 79.9. The van der Waals surface area contributed by atoms with Crippen molar-refractivity contribution < 1.29 is 17.6 Å². The van der Waals surface area contributed by atoms with Crippen LogP contribution in [0.15, 0.2) is 81.3 Å². The van der Waals surface area contributed by atoms with Crippen molar-refractivity contribution >= 4 is 71.9 Å². The van der Waals surface area contributed by atoms with E-state index >= 15 is 0 Å². The SMILES string of the molecule is O=C(CSc1nc2ccccc2n1S(=O)(=O)c1ccc(Cl)cc1)Nc1ccc(Br)cc1F. The van der Waals surface area contributed by atoms with Gasteiger partial charge in [-0.25, -0.2) is 21.8 Å². The molecule has 0 saturated carbocycles. The predicted molar refractivity (Wildman–Crippen MR) is 127 cm³/mol. The number of thioether (sulfide) groups is 1. The summed E-state index contributed by atoms with van der Waals surface area (Å²) in [7, 11) is -4.01. The summed E-state index contributed by atoms with van der Waals surface area (Å²) >= 11 is 9.99. The molecule has 0 spiro atoms. The lowest BCUT2D eigenvalue weighted by Crippen LogP contribution is -2.17. The molecule has 0 unspecified atom stereocenters. The lowest BCUT2D eigenvalue weighted by atomic mass is 10.3. The van der Waals surface area contributed by atoms with Crippen molar-refractivity contribution in [1.82, 2.24) is 8.96 Å². The van der Waals surface area contributed by atoms with Crippen LogP contribution < -0.4 is 5.32 Å². The fraction of sp³-hybridized carbons (Fsp3) is 0.0476. The average molecular weight is 555 g/mol. The molecular weight excluding hydrogens is 541 g/mol. The van der Waals surface area contributed by atoms with E-state index in [-0.39, 0.29) is 21.5 Å². The van der Waals surface area contributed by atoms with E-state index in [9.17, 15) is 17.6 Å². The van der Waals surface area contributed by atoms with Gasteiger partial charge < -0.3 is 5.32 Å². The Kier molecular flexibility index (Phi) is 6.57. The number of imidazole rings is 1. The fourth-order valence-electron chi connectivity index (χ4n) is 2.92. The van der Waals surface area contributed by atoms with Crippen LogP contribution in [-0.4, -0.2) is 29.0 Å². The van der Waals surface area contributed by atoms with Gasteiger partial charge in [0, 0.05) is 9.50 Å². The number of anilines is 1. The number of hydrogen-bond donors (Lipinski definition) is 1. The zero-order valence-electron chi connectivity index (χ0n) is 16.1. The van der Waals surface area contributed by atoms with Crippen LogP contribution in [0, 0.1) is 5.82 Å². The van der Waals surface area contributed by atoms with E-state index in [0.29, 0.717) is 20.5 Å². The maximum absolute atomic E-state index is 14.0. The molecule has 1 aromatic heterocycles. The van der Waals surface area contributed by atoms with Crippen LogP contribution in [0.3, 0.4) is 0 Å². The molecule has 0 fully saturated rings. The fourth-order valence-corrected chi connectivity index (χ4v) is 5.90. The van der Waals surface area contributed by atoms with Crippen LogP contribution in [0.5, 0.6) is 0 Å². The van der Waals surface area contributed by atoms with Crippen LogP contribution >= 0.6 is 39.3 Å². The lowest BCUT2D eigenvalue weighted by Gasteiger charge is -2.11. The molecule has 4 rings (SSSR count). The Morgan fingerprint density at radius 2 is 1.84 bits per heavy atom. The van der Waals surface area contributed by atoms with Crippen LogP contribution in [0.25, 0.3) is 11.0 Å². The largest absolute Gasteiger partial charge is 0.323 e. The molecule has 3 aromatic carbocycles. The van der Waals surface area contributed by atoms with Gasteiger partial charge in [0.15, 0.2) is 5.16 Å². The molecule has 0 radical (unpaired) electrons. The van der Waals surface area contributed by atoms with Crippen molar-refractivity contribution in [3.8, 4) is 0 Å². The molecule has 0 saturated heterocycles. The molecular formula is C21H14BrClFN3O3S2. The number of carbonyl (C=O) groups excluding carboxylic acids is 1. The first kappa shape index (κ1) is 22.8. The first-order valence-corrected chi connectivity index (χ1v) is 12.7. The minimum absolute atomic E-state index is 0.0288. The summed E-state index contributed by atoms with van der Waals surface area (Å²) in [6.07, 6.45) is 0. The molecule has 0 atom stereocenters. The molecule has 164 valence electrons. The summed E-state index contributed by atoms with van der Waals surface area (Å²) in [6.45, 7) is 0. The van der Waals surface area contributed by atoms with Gasteiger partial charge >= 0.3 is 0 Å². The van der Waals surface area contributed by atoms with Crippen molar-refractivity contribution in [2.75, 3.05) is 11.1 Å². The van der Waals surface area contributed by atoms with Gasteiger partial charge in [-0.05, 0) is 54.6 Å². The van der Waals surface area contributed by atoms with Crippen molar-refractivity contribution in [3.63, 3.8) is 0 Å². The molecule has 0 aliphatic rings. The number of carbonyl (C=O) groups is 1. The van der Waals surface area contributed by atoms with E-state index in [0.717, 1.165) is 15.7 Å². The van der Waals surface area contributed by atoms with Crippen molar-refractivity contribution in [3.05, 3.63) is 82.0 Å². The average Bonchev–Trinajstić information content (AvgIpc) is 3.14. The van der Waals surface area contributed by atoms with Crippen LogP contribution in [0.4, 0.5) is 10.1 Å². The highest BCUT2D eigenvalue weighted by Crippen LogP contribution is 2.29. The standard InChI is InChI=1S/C21H14BrClFN3O3S2/c22-13-5-10-17(16(24)11-13)25-20(28)12-31-21-26-18-3-1-2-4-19(18)27(21)32(29,30)15-8-6-14(23)7-9-15/h1-11H,12H2,(H,25,28). The molecule has 0 bridgehead atoms. The molecule has 1 N–H and O–H groups in total. The lowest BCUT2D eigenvalue weighted by molar-refractivity contribution is -0.113. The smallest absolute Gasteiger partial charge is 0.270 e. The van der Waals surface area contributed by atoms with E-state index in [1.165, 1.54) is 36.4 Å². The third-order valence-electron chi connectivity index (χ3n) is 4.38. The topological polar surface area (TPSA) is 81.1 Å². The number of fused-ring (bicyclic) bond motifs is 1. The second kappa shape index (κ2) is 9.22. The molecule has 4 aromatic rings. The van der Waals surface area contributed by atoms with Gasteiger partial charge in [-0.3, -0.25) is 4.79 Å². The number of rotatable bonds is 6. The monoisotopic (exact) mass is 553 g/mol. The highest BCUT2D eigenvalue weighted by Gasteiger charge is 2.25. The number of nitrogens with one attached hydrogen (secondary N) is 1. The molecule has 32 heavy (non-hydrogen) atoms. The highest BCUT2D eigenvalue weighted by molar-refractivity contribution is 9.10. The minimum atomic E-state index is -4.01. The maximum Gasteiger partial charge on any atom is 0.270 e. The van der Waals surface area contributed by atoms with E-state index in [4.69, 9.17) is 11.6 Å². The second-order valence-corrected chi connectivity index (χ2v) is 10.6. The number of halogens is 3. The van der Waals surface area contributed by atoms with Crippen LogP contribution in [0.1, 0.15) is 0 Å². The van der Waals surface area contributed by atoms with Gasteiger partial charge in [-0.1, -0.05) is 51.4 Å². The van der Waals surface area contributed by atoms with E-state index in [1.807, 2.05) is 0 Å². The van der Waals surface area contributed by atoms with Crippen molar-refractivity contribution in [1.29, 1.82) is 0 Å². The van der Waals surface area contributed by atoms with Crippen molar-refractivity contribution in [2.45, 2.75) is 10.1 Å². The van der Waals surface area contributed by atoms with Gasteiger partial charge in [0.1, 0.15) is 5.82 Å². The number of para-hydroxylation sites is 2. The van der Waals surface area contributed by atoms with Crippen LogP contribution in [0.2, 0.25) is 5.02 Å². The number of benzene rings is 3. The summed E-state index contributed by atoms with van der Waals surface area (Å²) in [5.74, 6) is -1.26. The molecule has 1 amide bonds. The first-order valence-electron chi connectivity index (χ1n) is 9.12. The number of amides is 1. The van der Waals surface area contributed by atoms with E-state index in [2.05, 4.69) is 26.2 Å². The molecule has 1 heterocycles. The van der Waals surface area contributed by atoms with E-state index in [1.54, 1.807) is 30.3 Å². The number of hydrogen-bond acceptors (Lipinski definition) is 5. The van der Waals surface area contributed by atoms with Gasteiger partial charge in [0.2, 0.25) is 5.91 Å². The quantitative estimate of drug-likeness (QED) is 0.316. The normalized spacial score (nSPS) is 11.6. The Morgan fingerprint density at radius 1 is 1.12 bits per heavy atom. The van der Waals surface area contributed by atoms with E-state index < -0.39 is 21.7 Å². The Hall–Kier alpha value is -2.40. The Balaban J connectivity index is 1.64. The predicted octanol–water partition coefficient (Wildman–Crippen LogP) is 5.56. The van der Waals surface area contributed by atoms with Crippen LogP contribution in [-0.2, 0) is 14.8 Å². The Bertz CT molecular complexity index is 1430.